The lowest BCUT2D eigenvalue weighted by Gasteiger charge is -2.16. The second-order valence-corrected chi connectivity index (χ2v) is 10.3. The molecular formula is C17H20N4O5S2. The Bertz CT molecular complexity index is 1000. The zero-order valence-corrected chi connectivity index (χ0v) is 17.0. The summed E-state index contributed by atoms with van der Waals surface area (Å²) in [6.45, 7) is 3.51. The van der Waals surface area contributed by atoms with E-state index in [0.29, 0.717) is 17.9 Å². The molecule has 1 aliphatic rings. The van der Waals surface area contributed by atoms with Crippen LogP contribution in [0.2, 0.25) is 0 Å². The maximum absolute atomic E-state index is 12.6. The van der Waals surface area contributed by atoms with Crippen LogP contribution in [0.3, 0.4) is 0 Å². The third kappa shape index (κ3) is 4.71. The molecule has 9 nitrogen and oxygen atoms in total. The van der Waals surface area contributed by atoms with Crippen LogP contribution in [0.1, 0.15) is 25.1 Å². The largest absolute Gasteiger partial charge is 0.310 e. The third-order valence-electron chi connectivity index (χ3n) is 4.39. The summed E-state index contributed by atoms with van der Waals surface area (Å²) in [7, 11) is -3.07. The van der Waals surface area contributed by atoms with Gasteiger partial charge in [0.15, 0.2) is 9.84 Å². The van der Waals surface area contributed by atoms with E-state index in [-0.39, 0.29) is 29.1 Å². The predicted molar refractivity (Wildman–Crippen MR) is 106 cm³/mol. The quantitative estimate of drug-likeness (QED) is 0.429. The van der Waals surface area contributed by atoms with Crippen molar-refractivity contribution in [3.63, 3.8) is 0 Å². The van der Waals surface area contributed by atoms with Crippen molar-refractivity contribution < 1.29 is 18.1 Å². The summed E-state index contributed by atoms with van der Waals surface area (Å²) < 4.78 is 25.1. The molecule has 0 saturated carbocycles. The number of aromatic nitrogens is 2. The molecule has 28 heavy (non-hydrogen) atoms. The standard InChI is InChI=1S/C17H20N4O5S2/c1-11-9-16(20(19-11)14-7-8-28(25,26)10-14)18-17(22)12(2)27-15-5-3-13(4-6-15)21(23)24/h3-6,9,12,14H,7-8,10H2,1-2H3,(H,18,22). The van der Waals surface area contributed by atoms with Gasteiger partial charge >= 0.3 is 0 Å². The van der Waals surface area contributed by atoms with E-state index < -0.39 is 20.0 Å². The van der Waals surface area contributed by atoms with E-state index in [1.165, 1.54) is 23.9 Å². The van der Waals surface area contributed by atoms with Crippen molar-refractivity contribution in [3.05, 3.63) is 46.1 Å². The minimum absolute atomic E-state index is 0.00709. The summed E-state index contributed by atoms with van der Waals surface area (Å²) in [5.74, 6) is 0.353. The number of nitrogens with one attached hydrogen (secondary N) is 1. The molecule has 1 fully saturated rings. The van der Waals surface area contributed by atoms with E-state index in [0.717, 1.165) is 4.90 Å². The van der Waals surface area contributed by atoms with Crippen molar-refractivity contribution in [2.45, 2.75) is 36.5 Å². The van der Waals surface area contributed by atoms with Crippen molar-refractivity contribution in [3.8, 4) is 0 Å². The van der Waals surface area contributed by atoms with E-state index in [1.807, 2.05) is 0 Å². The van der Waals surface area contributed by atoms with Crippen molar-refractivity contribution >= 4 is 39.0 Å². The zero-order chi connectivity index (χ0) is 20.5. The SMILES string of the molecule is Cc1cc(NC(=O)C(C)Sc2ccc([N+](=O)[O-])cc2)n(C2CCS(=O)(=O)C2)n1. The lowest BCUT2D eigenvalue weighted by molar-refractivity contribution is -0.384. The molecule has 0 aliphatic carbocycles. The molecule has 1 N–H and O–H groups in total. The van der Waals surface area contributed by atoms with Gasteiger partial charge in [-0.15, -0.1) is 11.8 Å². The zero-order valence-electron chi connectivity index (χ0n) is 15.4. The van der Waals surface area contributed by atoms with Gasteiger partial charge in [0.25, 0.3) is 5.69 Å². The van der Waals surface area contributed by atoms with Gasteiger partial charge in [0.05, 0.1) is 33.4 Å². The van der Waals surface area contributed by atoms with Gasteiger partial charge in [-0.05, 0) is 32.4 Å². The van der Waals surface area contributed by atoms with E-state index in [4.69, 9.17) is 0 Å². The number of nitro benzene ring substituents is 1. The number of aryl methyl sites for hydroxylation is 1. The Hall–Kier alpha value is -2.40. The molecule has 0 radical (unpaired) electrons. The summed E-state index contributed by atoms with van der Waals surface area (Å²) >= 11 is 1.28. The molecule has 0 bridgehead atoms. The third-order valence-corrected chi connectivity index (χ3v) is 7.26. The number of sulfone groups is 1. The summed E-state index contributed by atoms with van der Waals surface area (Å²) in [5.41, 5.74) is 0.683. The summed E-state index contributed by atoms with van der Waals surface area (Å²) in [6.07, 6.45) is 0.472. The fourth-order valence-electron chi connectivity index (χ4n) is 2.99. The normalized spacial score (nSPS) is 19.3. The lowest BCUT2D eigenvalue weighted by Crippen LogP contribution is -2.25. The average molecular weight is 425 g/mol. The molecular weight excluding hydrogens is 404 g/mol. The van der Waals surface area contributed by atoms with Gasteiger partial charge in [0.2, 0.25) is 5.91 Å². The van der Waals surface area contributed by atoms with Gasteiger partial charge in [-0.25, -0.2) is 13.1 Å². The van der Waals surface area contributed by atoms with Crippen LogP contribution in [0.15, 0.2) is 35.2 Å². The molecule has 3 rings (SSSR count). The number of hydrogen-bond acceptors (Lipinski definition) is 7. The summed E-state index contributed by atoms with van der Waals surface area (Å²) in [4.78, 5) is 23.6. The topological polar surface area (TPSA) is 124 Å². The van der Waals surface area contributed by atoms with Crippen LogP contribution in [-0.4, -0.2) is 45.8 Å². The molecule has 1 aliphatic heterocycles. The number of thioether (sulfide) groups is 1. The van der Waals surface area contributed by atoms with Crippen molar-refractivity contribution in [1.82, 2.24) is 9.78 Å². The second-order valence-electron chi connectivity index (χ2n) is 6.67. The average Bonchev–Trinajstić information content (AvgIpc) is 3.16. The van der Waals surface area contributed by atoms with Gasteiger partial charge in [-0.3, -0.25) is 14.9 Å². The van der Waals surface area contributed by atoms with Gasteiger partial charge in [0.1, 0.15) is 5.82 Å². The molecule has 2 aromatic rings. The molecule has 0 spiro atoms. The maximum atomic E-state index is 12.6. The number of nitro groups is 1. The van der Waals surface area contributed by atoms with Crippen LogP contribution in [0.4, 0.5) is 11.5 Å². The van der Waals surface area contributed by atoms with Crippen LogP contribution >= 0.6 is 11.8 Å². The van der Waals surface area contributed by atoms with Gasteiger partial charge in [0, 0.05) is 23.1 Å². The number of benzene rings is 1. The van der Waals surface area contributed by atoms with E-state index in [1.54, 1.807) is 36.7 Å². The molecule has 2 atom stereocenters. The van der Waals surface area contributed by atoms with Gasteiger partial charge in [-0.2, -0.15) is 5.10 Å². The number of anilines is 1. The lowest BCUT2D eigenvalue weighted by atomic mass is 10.3. The van der Waals surface area contributed by atoms with Crippen LogP contribution in [0.25, 0.3) is 0 Å². The molecule has 11 heteroatoms. The van der Waals surface area contributed by atoms with E-state index >= 15 is 0 Å². The molecule has 2 unspecified atom stereocenters. The maximum Gasteiger partial charge on any atom is 0.269 e. The Morgan fingerprint density at radius 2 is 2.07 bits per heavy atom. The van der Waals surface area contributed by atoms with Crippen LogP contribution in [-0.2, 0) is 14.6 Å². The highest BCUT2D eigenvalue weighted by atomic mass is 32.2. The van der Waals surface area contributed by atoms with E-state index in [2.05, 4.69) is 10.4 Å². The fraction of sp³-hybridized carbons (Fsp3) is 0.412. The first-order valence-corrected chi connectivity index (χ1v) is 11.3. The first-order chi connectivity index (χ1) is 13.1. The first kappa shape index (κ1) is 20.3. The molecule has 150 valence electrons. The van der Waals surface area contributed by atoms with Crippen LogP contribution in [0, 0.1) is 17.0 Å². The highest BCUT2D eigenvalue weighted by Gasteiger charge is 2.31. The highest BCUT2D eigenvalue weighted by molar-refractivity contribution is 8.00. The Balaban J connectivity index is 1.68. The Kier molecular flexibility index (Phi) is 5.75. The monoisotopic (exact) mass is 424 g/mol. The molecule has 1 aromatic carbocycles. The minimum Gasteiger partial charge on any atom is -0.310 e. The predicted octanol–water partition coefficient (Wildman–Crippen LogP) is 2.58. The molecule has 1 amide bonds. The number of hydrogen-bond donors (Lipinski definition) is 1. The number of carbonyl (C=O) groups excluding carboxylic acids is 1. The highest BCUT2D eigenvalue weighted by Crippen LogP contribution is 2.29. The smallest absolute Gasteiger partial charge is 0.269 e. The summed E-state index contributed by atoms with van der Waals surface area (Å²) in [6, 6.07) is 7.42. The summed E-state index contributed by atoms with van der Waals surface area (Å²) in [5, 5.41) is 17.4. The van der Waals surface area contributed by atoms with Crippen molar-refractivity contribution in [2.75, 3.05) is 16.8 Å². The fourth-order valence-corrected chi connectivity index (χ4v) is 5.55. The number of nitrogens with zero attached hydrogens (tertiary/aromatic N) is 3. The Morgan fingerprint density at radius 3 is 2.64 bits per heavy atom. The number of non-ortho nitro benzene ring substituents is 1. The Labute approximate surface area is 166 Å². The van der Waals surface area contributed by atoms with Crippen LogP contribution < -0.4 is 5.32 Å². The van der Waals surface area contributed by atoms with Gasteiger partial charge < -0.3 is 5.32 Å². The molecule has 1 saturated heterocycles. The Morgan fingerprint density at radius 1 is 1.39 bits per heavy atom. The number of amides is 1. The second kappa shape index (κ2) is 7.92. The number of rotatable bonds is 6. The first-order valence-electron chi connectivity index (χ1n) is 8.63. The van der Waals surface area contributed by atoms with Gasteiger partial charge in [-0.1, -0.05) is 0 Å². The molecule has 2 heterocycles. The van der Waals surface area contributed by atoms with Crippen molar-refractivity contribution in [1.29, 1.82) is 0 Å². The van der Waals surface area contributed by atoms with Crippen LogP contribution in [0.5, 0.6) is 0 Å². The minimum atomic E-state index is -3.07. The van der Waals surface area contributed by atoms with E-state index in [9.17, 15) is 23.3 Å². The van der Waals surface area contributed by atoms with Crippen molar-refractivity contribution in [2.24, 2.45) is 0 Å². The number of carbonyl (C=O) groups is 1. The molecule has 1 aromatic heterocycles.